The highest BCUT2D eigenvalue weighted by Crippen LogP contribution is 2.19. The summed E-state index contributed by atoms with van der Waals surface area (Å²) in [5.74, 6) is -3.22. The molecule has 1 heterocycles. The zero-order valence-electron chi connectivity index (χ0n) is 22.0. The van der Waals surface area contributed by atoms with Crippen LogP contribution in [0.3, 0.4) is 0 Å². The zero-order chi connectivity index (χ0) is 28.8. The molecule has 0 saturated heterocycles. The van der Waals surface area contributed by atoms with E-state index in [0.717, 1.165) is 16.5 Å². The van der Waals surface area contributed by atoms with Gasteiger partial charge in [0.25, 0.3) is 0 Å². The van der Waals surface area contributed by atoms with Gasteiger partial charge < -0.3 is 48.3 Å². The molecule has 0 radical (unpaired) electrons. The van der Waals surface area contributed by atoms with Gasteiger partial charge in [-0.1, -0.05) is 18.2 Å². The van der Waals surface area contributed by atoms with Crippen LogP contribution in [-0.2, 0) is 25.6 Å². The Hall–Kier alpha value is -3.52. The van der Waals surface area contributed by atoms with Crippen LogP contribution in [0.25, 0.3) is 10.9 Å². The molecule has 0 bridgehead atoms. The third-order valence-corrected chi connectivity index (χ3v) is 6.41. The average Bonchev–Trinajstić information content (AvgIpc) is 3.33. The quantitative estimate of drug-likeness (QED) is 0.102. The van der Waals surface area contributed by atoms with Crippen LogP contribution >= 0.6 is 0 Å². The van der Waals surface area contributed by atoms with Crippen LogP contribution < -0.4 is 33.2 Å². The van der Waals surface area contributed by atoms with Crippen molar-refractivity contribution in [3.63, 3.8) is 0 Å². The van der Waals surface area contributed by atoms with Crippen molar-refractivity contribution in [3.8, 4) is 0 Å². The maximum absolute atomic E-state index is 13.4. The van der Waals surface area contributed by atoms with Crippen LogP contribution in [-0.4, -0.2) is 82.8 Å². The molecule has 4 unspecified atom stereocenters. The number of aliphatic hydroxyl groups excluding tert-OH is 1. The summed E-state index contributed by atoms with van der Waals surface area (Å²) in [5.41, 5.74) is 18.3. The first-order valence-corrected chi connectivity index (χ1v) is 13.2. The van der Waals surface area contributed by atoms with Crippen LogP contribution in [0.1, 0.15) is 44.1 Å². The molecule has 0 saturated carbocycles. The first-order chi connectivity index (χ1) is 18.7. The summed E-state index contributed by atoms with van der Waals surface area (Å²) in [7, 11) is 0. The molecule has 0 fully saturated rings. The number of fused-ring (bicyclic) bond motifs is 1. The van der Waals surface area contributed by atoms with Gasteiger partial charge in [0.2, 0.25) is 17.7 Å². The second kappa shape index (κ2) is 16.4. The van der Waals surface area contributed by atoms with Crippen molar-refractivity contribution < 1.29 is 29.4 Å². The molecule has 2 aromatic rings. The van der Waals surface area contributed by atoms with E-state index in [4.69, 9.17) is 17.2 Å². The molecular formula is C26H41N7O6. The van der Waals surface area contributed by atoms with Gasteiger partial charge in [-0.25, -0.2) is 4.79 Å². The number of hydrogen-bond donors (Lipinski definition) is 9. The normalized spacial score (nSPS) is 14.3. The standard InChI is InChI=1S/C26H41N7O6/c27-11-5-3-9-20(31-23(35)18(29)15-34)24(36)33-22(13-16-14-30-19-8-2-1-7-17(16)19)25(37)32-21(26(38)39)10-4-6-12-28/h1-2,7-8,14,18,20-22,30,34H,3-6,9-13,15,27-29H2,(H,31,35)(H,32,37)(H,33,36)(H,38,39). The lowest BCUT2D eigenvalue weighted by molar-refractivity contribution is -0.142. The predicted octanol–water partition coefficient (Wildman–Crippen LogP) is -1.17. The summed E-state index contributed by atoms with van der Waals surface area (Å²) in [4.78, 5) is 54.0. The Morgan fingerprint density at radius 2 is 1.38 bits per heavy atom. The molecule has 1 aromatic heterocycles. The molecule has 4 atom stereocenters. The average molecular weight is 548 g/mol. The van der Waals surface area contributed by atoms with Crippen LogP contribution in [0.5, 0.6) is 0 Å². The van der Waals surface area contributed by atoms with Crippen molar-refractivity contribution in [3.05, 3.63) is 36.0 Å². The highest BCUT2D eigenvalue weighted by Gasteiger charge is 2.30. The number of unbranched alkanes of at least 4 members (excludes halogenated alkanes) is 2. The molecule has 216 valence electrons. The largest absolute Gasteiger partial charge is 0.480 e. The number of benzene rings is 1. The van der Waals surface area contributed by atoms with Crippen molar-refractivity contribution in [1.82, 2.24) is 20.9 Å². The van der Waals surface area contributed by atoms with Crippen LogP contribution in [0.15, 0.2) is 30.5 Å². The summed E-state index contributed by atoms with van der Waals surface area (Å²) in [5, 5.41) is 27.5. The monoisotopic (exact) mass is 547 g/mol. The lowest BCUT2D eigenvalue weighted by atomic mass is 10.0. The molecule has 12 N–H and O–H groups in total. The molecule has 13 nitrogen and oxygen atoms in total. The number of aromatic amines is 1. The summed E-state index contributed by atoms with van der Waals surface area (Å²) in [6.07, 6.45) is 4.44. The first kappa shape index (κ1) is 31.7. The Balaban J connectivity index is 2.29. The number of para-hydroxylation sites is 1. The number of aliphatic hydroxyl groups is 1. The number of amides is 3. The molecule has 0 spiro atoms. The SMILES string of the molecule is NCCCCC(NC(=O)C(Cc1c[nH]c2ccccc12)NC(=O)C(CCCCN)NC(=O)C(N)CO)C(=O)O. The maximum atomic E-state index is 13.4. The third kappa shape index (κ3) is 9.94. The van der Waals surface area contributed by atoms with Gasteiger partial charge in [-0.2, -0.15) is 0 Å². The van der Waals surface area contributed by atoms with E-state index in [-0.39, 0.29) is 19.3 Å². The number of rotatable bonds is 18. The fourth-order valence-electron chi connectivity index (χ4n) is 4.15. The number of carboxylic acids is 1. The second-order valence-electron chi connectivity index (χ2n) is 9.44. The van der Waals surface area contributed by atoms with Gasteiger partial charge in [0.1, 0.15) is 24.2 Å². The number of hydrogen-bond acceptors (Lipinski definition) is 8. The van der Waals surface area contributed by atoms with Crippen LogP contribution in [0, 0.1) is 0 Å². The number of carbonyl (C=O) groups is 4. The Morgan fingerprint density at radius 1 is 0.821 bits per heavy atom. The molecular weight excluding hydrogens is 506 g/mol. The van der Waals surface area contributed by atoms with E-state index in [1.807, 2.05) is 24.3 Å². The lowest BCUT2D eigenvalue weighted by Gasteiger charge is -2.25. The highest BCUT2D eigenvalue weighted by atomic mass is 16.4. The van der Waals surface area contributed by atoms with Crippen LogP contribution in [0.2, 0.25) is 0 Å². The molecule has 39 heavy (non-hydrogen) atoms. The number of nitrogens with one attached hydrogen (secondary N) is 4. The van der Waals surface area contributed by atoms with E-state index in [0.29, 0.717) is 38.8 Å². The fraction of sp³-hybridized carbons (Fsp3) is 0.538. The Bertz CT molecular complexity index is 1090. The summed E-state index contributed by atoms with van der Waals surface area (Å²) < 4.78 is 0. The van der Waals surface area contributed by atoms with Gasteiger partial charge in [-0.15, -0.1) is 0 Å². The molecule has 0 aliphatic rings. The van der Waals surface area contributed by atoms with Crippen molar-refractivity contribution in [2.24, 2.45) is 17.2 Å². The van der Waals surface area contributed by atoms with Crippen molar-refractivity contribution in [2.75, 3.05) is 19.7 Å². The van der Waals surface area contributed by atoms with E-state index in [9.17, 15) is 29.4 Å². The van der Waals surface area contributed by atoms with Crippen LogP contribution in [0.4, 0.5) is 0 Å². The van der Waals surface area contributed by atoms with Gasteiger partial charge in [0.05, 0.1) is 6.61 Å². The Labute approximate surface area is 227 Å². The number of aromatic nitrogens is 1. The third-order valence-electron chi connectivity index (χ3n) is 6.41. The second-order valence-corrected chi connectivity index (χ2v) is 9.44. The summed E-state index contributed by atoms with van der Waals surface area (Å²) >= 11 is 0. The number of carboxylic acid groups (broad SMARTS) is 1. The molecule has 13 heteroatoms. The van der Waals surface area contributed by atoms with Gasteiger partial charge in [0, 0.05) is 23.5 Å². The summed E-state index contributed by atoms with van der Waals surface area (Å²) in [6.45, 7) is 0.191. The van der Waals surface area contributed by atoms with E-state index in [1.165, 1.54) is 0 Å². The molecule has 1 aromatic carbocycles. The number of nitrogens with two attached hydrogens (primary N) is 3. The topological polar surface area (TPSA) is 239 Å². The van der Waals surface area contributed by atoms with Crippen molar-refractivity contribution >= 4 is 34.6 Å². The zero-order valence-corrected chi connectivity index (χ0v) is 22.0. The smallest absolute Gasteiger partial charge is 0.326 e. The molecule has 2 rings (SSSR count). The fourth-order valence-corrected chi connectivity index (χ4v) is 4.15. The van der Waals surface area contributed by atoms with E-state index in [1.54, 1.807) is 6.20 Å². The van der Waals surface area contributed by atoms with Gasteiger partial charge in [-0.05, 0) is 63.2 Å². The minimum Gasteiger partial charge on any atom is -0.480 e. The maximum Gasteiger partial charge on any atom is 0.326 e. The van der Waals surface area contributed by atoms with Crippen molar-refractivity contribution in [1.29, 1.82) is 0 Å². The van der Waals surface area contributed by atoms with Gasteiger partial charge in [-0.3, -0.25) is 14.4 Å². The minimum absolute atomic E-state index is 0.0658. The van der Waals surface area contributed by atoms with E-state index < -0.39 is 54.5 Å². The number of H-pyrrole nitrogens is 1. The molecule has 3 amide bonds. The van der Waals surface area contributed by atoms with E-state index >= 15 is 0 Å². The van der Waals surface area contributed by atoms with Crippen molar-refractivity contribution in [2.45, 2.75) is 69.1 Å². The summed E-state index contributed by atoms with van der Waals surface area (Å²) in [6, 6.07) is 2.89. The van der Waals surface area contributed by atoms with E-state index in [2.05, 4.69) is 20.9 Å². The lowest BCUT2D eigenvalue weighted by Crippen LogP contribution is -2.57. The Morgan fingerprint density at radius 3 is 2.00 bits per heavy atom. The number of carbonyl (C=O) groups excluding carboxylic acids is 3. The predicted molar refractivity (Wildman–Crippen MR) is 146 cm³/mol. The molecule has 0 aliphatic carbocycles. The number of aliphatic carboxylic acids is 1. The Kier molecular flexibility index (Phi) is 13.4. The first-order valence-electron chi connectivity index (χ1n) is 13.2. The van der Waals surface area contributed by atoms with Gasteiger partial charge in [0.15, 0.2) is 0 Å². The minimum atomic E-state index is -1.22. The highest BCUT2D eigenvalue weighted by molar-refractivity contribution is 5.94. The molecule has 0 aliphatic heterocycles. The van der Waals surface area contributed by atoms with Gasteiger partial charge >= 0.3 is 5.97 Å².